The Hall–Kier alpha value is -0.890. The molecule has 0 unspecified atom stereocenters. The molecule has 3 rings (SSSR count). The van der Waals surface area contributed by atoms with Crippen molar-refractivity contribution in [1.29, 1.82) is 0 Å². The number of hydrogen-bond acceptors (Lipinski definition) is 6. The summed E-state index contributed by atoms with van der Waals surface area (Å²) in [5.41, 5.74) is 1.23. The van der Waals surface area contributed by atoms with Crippen LogP contribution >= 0.6 is 47.5 Å². The first-order chi connectivity index (χ1) is 11.6. The van der Waals surface area contributed by atoms with Crippen molar-refractivity contribution in [2.75, 3.05) is 24.2 Å². The number of fused-ring (bicyclic) bond motifs is 1. The summed E-state index contributed by atoms with van der Waals surface area (Å²) in [4.78, 5) is 19.5. The molecule has 126 valence electrons. The second kappa shape index (κ2) is 7.56. The lowest BCUT2D eigenvalue weighted by atomic mass is 10.3. The first-order valence-corrected chi connectivity index (χ1v) is 10.9. The van der Waals surface area contributed by atoms with Crippen LogP contribution in [-0.2, 0) is 4.79 Å². The van der Waals surface area contributed by atoms with Crippen LogP contribution in [0.2, 0.25) is 0 Å². The molecular formula is C17H18N2OS4. The molecule has 1 amide bonds. The van der Waals surface area contributed by atoms with Crippen molar-refractivity contribution in [2.24, 2.45) is 0 Å². The highest BCUT2D eigenvalue weighted by atomic mass is 32.2. The van der Waals surface area contributed by atoms with Crippen LogP contribution in [0.4, 0.5) is 5.69 Å². The van der Waals surface area contributed by atoms with Gasteiger partial charge in [0.25, 0.3) is 5.91 Å². The lowest BCUT2D eigenvalue weighted by Crippen LogP contribution is -2.27. The standard InChI is InChI=1S/C17H18N2OS4/c1-4-18-11-8-6-7-9-12(11)23-14(18)10-13(22-3)15-16(20)19(5-2)17(21)24-15/h6-10H,4-5H2,1-3H3/b14-10-,15-13-. The molecule has 1 fully saturated rings. The highest BCUT2D eigenvalue weighted by molar-refractivity contribution is 8.27. The lowest BCUT2D eigenvalue weighted by molar-refractivity contribution is -0.122. The highest BCUT2D eigenvalue weighted by Crippen LogP contribution is 2.47. The van der Waals surface area contributed by atoms with E-state index in [1.54, 1.807) is 28.4 Å². The Bertz CT molecular complexity index is 757. The van der Waals surface area contributed by atoms with Crippen LogP contribution < -0.4 is 4.90 Å². The summed E-state index contributed by atoms with van der Waals surface area (Å²) in [6.07, 6.45) is 4.13. The molecular weight excluding hydrogens is 376 g/mol. The number of amides is 1. The summed E-state index contributed by atoms with van der Waals surface area (Å²) in [5, 5.41) is 1.16. The van der Waals surface area contributed by atoms with E-state index in [4.69, 9.17) is 12.2 Å². The Morgan fingerprint density at radius 2 is 1.92 bits per heavy atom. The molecule has 2 heterocycles. The van der Waals surface area contributed by atoms with E-state index >= 15 is 0 Å². The molecule has 1 saturated heterocycles. The van der Waals surface area contributed by atoms with Gasteiger partial charge in [0.05, 0.1) is 15.6 Å². The van der Waals surface area contributed by atoms with Crippen LogP contribution in [0.25, 0.3) is 0 Å². The Morgan fingerprint density at radius 3 is 2.54 bits per heavy atom. The maximum Gasteiger partial charge on any atom is 0.267 e. The third-order valence-electron chi connectivity index (χ3n) is 3.82. The van der Waals surface area contributed by atoms with Crippen LogP contribution in [0.5, 0.6) is 0 Å². The number of carbonyl (C=O) groups excluding carboxylic acids is 1. The summed E-state index contributed by atoms with van der Waals surface area (Å²) in [7, 11) is 0. The number of hydrogen-bond donors (Lipinski definition) is 0. The van der Waals surface area contributed by atoms with Gasteiger partial charge in [-0.15, -0.1) is 11.8 Å². The second-order valence-corrected chi connectivity index (χ2v) is 8.67. The molecule has 2 aliphatic heterocycles. The second-order valence-electron chi connectivity index (χ2n) is 5.11. The Morgan fingerprint density at radius 1 is 1.21 bits per heavy atom. The van der Waals surface area contributed by atoms with E-state index in [0.717, 1.165) is 21.4 Å². The number of anilines is 1. The first-order valence-electron chi connectivity index (χ1n) is 7.68. The SMILES string of the molecule is CCN1C(=O)/C(=C(\C=C2/Sc3ccccc3N2CC)SC)SC1=S. The third kappa shape index (κ3) is 3.14. The zero-order valence-corrected chi connectivity index (χ0v) is 17.0. The Balaban J connectivity index is 1.99. The van der Waals surface area contributed by atoms with Crippen molar-refractivity contribution >= 4 is 63.4 Å². The van der Waals surface area contributed by atoms with Gasteiger partial charge in [-0.2, -0.15) is 0 Å². The molecule has 0 radical (unpaired) electrons. The van der Waals surface area contributed by atoms with Gasteiger partial charge in [0.2, 0.25) is 0 Å². The largest absolute Gasteiger partial charge is 0.335 e. The van der Waals surface area contributed by atoms with Crippen LogP contribution in [0, 0.1) is 0 Å². The number of thioether (sulfide) groups is 3. The van der Waals surface area contributed by atoms with Crippen molar-refractivity contribution in [3.05, 3.63) is 45.2 Å². The van der Waals surface area contributed by atoms with Gasteiger partial charge in [0.1, 0.15) is 4.32 Å². The molecule has 3 nitrogen and oxygen atoms in total. The minimum atomic E-state index is 0.0252. The van der Waals surface area contributed by atoms with E-state index in [1.165, 1.54) is 22.3 Å². The van der Waals surface area contributed by atoms with Gasteiger partial charge in [-0.3, -0.25) is 9.69 Å². The number of benzene rings is 1. The van der Waals surface area contributed by atoms with E-state index in [9.17, 15) is 4.79 Å². The molecule has 2 aliphatic rings. The Kier molecular flexibility index (Phi) is 5.64. The van der Waals surface area contributed by atoms with Gasteiger partial charge in [-0.1, -0.05) is 47.9 Å². The predicted molar refractivity (Wildman–Crippen MR) is 112 cm³/mol. The Labute approximate surface area is 160 Å². The van der Waals surface area contributed by atoms with Crippen molar-refractivity contribution in [2.45, 2.75) is 18.7 Å². The van der Waals surface area contributed by atoms with Gasteiger partial charge in [-0.25, -0.2) is 0 Å². The van der Waals surface area contributed by atoms with Crippen molar-refractivity contribution in [3.8, 4) is 0 Å². The lowest BCUT2D eigenvalue weighted by Gasteiger charge is -2.18. The van der Waals surface area contributed by atoms with Gasteiger partial charge in [-0.05, 0) is 38.3 Å². The molecule has 1 aromatic rings. The molecule has 24 heavy (non-hydrogen) atoms. The molecule has 7 heteroatoms. The number of allylic oxidation sites excluding steroid dienone is 1. The quantitative estimate of drug-likeness (QED) is 0.531. The normalized spacial score (nSPS) is 21.0. The minimum Gasteiger partial charge on any atom is -0.335 e. The van der Waals surface area contributed by atoms with Gasteiger partial charge in [0.15, 0.2) is 0 Å². The van der Waals surface area contributed by atoms with Crippen LogP contribution in [0.15, 0.2) is 50.1 Å². The molecule has 0 N–H and O–H groups in total. The number of carbonyl (C=O) groups is 1. The topological polar surface area (TPSA) is 23.6 Å². The fraction of sp³-hybridized carbons (Fsp3) is 0.294. The molecule has 0 atom stereocenters. The average molecular weight is 395 g/mol. The number of rotatable bonds is 4. The smallest absolute Gasteiger partial charge is 0.267 e. The van der Waals surface area contributed by atoms with E-state index in [2.05, 4.69) is 42.2 Å². The zero-order chi connectivity index (χ0) is 17.3. The highest BCUT2D eigenvalue weighted by Gasteiger charge is 2.33. The number of nitrogens with zero attached hydrogens (tertiary/aromatic N) is 2. The molecule has 0 spiro atoms. The summed E-state index contributed by atoms with van der Waals surface area (Å²) >= 11 is 10.1. The zero-order valence-electron chi connectivity index (χ0n) is 13.7. The minimum absolute atomic E-state index is 0.0252. The van der Waals surface area contributed by atoms with E-state index in [-0.39, 0.29) is 5.91 Å². The van der Waals surface area contributed by atoms with E-state index in [0.29, 0.717) is 10.9 Å². The van der Waals surface area contributed by atoms with Gasteiger partial charge >= 0.3 is 0 Å². The van der Waals surface area contributed by atoms with E-state index in [1.807, 2.05) is 13.2 Å². The van der Waals surface area contributed by atoms with Crippen molar-refractivity contribution < 1.29 is 4.79 Å². The van der Waals surface area contributed by atoms with Gasteiger partial charge in [0, 0.05) is 22.9 Å². The van der Waals surface area contributed by atoms with Crippen LogP contribution in [0.1, 0.15) is 13.8 Å². The number of para-hydroxylation sites is 1. The summed E-state index contributed by atoms with van der Waals surface area (Å²) in [5.74, 6) is 0.0252. The van der Waals surface area contributed by atoms with Crippen molar-refractivity contribution in [3.63, 3.8) is 0 Å². The molecule has 1 aromatic carbocycles. The summed E-state index contributed by atoms with van der Waals surface area (Å²) in [6, 6.07) is 8.40. The summed E-state index contributed by atoms with van der Waals surface area (Å²) < 4.78 is 0.650. The fourth-order valence-corrected chi connectivity index (χ4v) is 6.07. The first kappa shape index (κ1) is 17.9. The maximum absolute atomic E-state index is 12.6. The summed E-state index contributed by atoms with van der Waals surface area (Å²) in [6.45, 7) is 5.61. The molecule has 0 aromatic heterocycles. The van der Waals surface area contributed by atoms with Crippen molar-refractivity contribution in [1.82, 2.24) is 4.90 Å². The van der Waals surface area contributed by atoms with Gasteiger partial charge < -0.3 is 4.90 Å². The number of likely N-dealkylation sites (N-methyl/N-ethyl adjacent to an activating group) is 1. The van der Waals surface area contributed by atoms with E-state index < -0.39 is 0 Å². The molecule has 0 aliphatic carbocycles. The molecule has 0 bridgehead atoms. The average Bonchev–Trinajstić information content (AvgIpc) is 3.08. The monoisotopic (exact) mass is 394 g/mol. The molecule has 0 saturated carbocycles. The maximum atomic E-state index is 12.6. The third-order valence-corrected chi connectivity index (χ3v) is 7.28. The fourth-order valence-electron chi connectivity index (χ4n) is 2.64. The van der Waals surface area contributed by atoms with Crippen LogP contribution in [0.3, 0.4) is 0 Å². The van der Waals surface area contributed by atoms with Crippen LogP contribution in [-0.4, -0.2) is 34.5 Å². The predicted octanol–water partition coefficient (Wildman–Crippen LogP) is 4.91. The number of thiocarbonyl (C=S) groups is 1.